The molecule has 4 heterocycles. The first-order chi connectivity index (χ1) is 13.6. The van der Waals surface area contributed by atoms with Crippen molar-refractivity contribution in [3.05, 3.63) is 52.8 Å². The molecule has 6 nitrogen and oxygen atoms in total. The van der Waals surface area contributed by atoms with Crippen LogP contribution < -0.4 is 5.32 Å². The van der Waals surface area contributed by atoms with Crippen molar-refractivity contribution >= 4 is 17.1 Å². The number of aromatic amines is 1. The van der Waals surface area contributed by atoms with Crippen LogP contribution in [-0.2, 0) is 13.0 Å². The summed E-state index contributed by atoms with van der Waals surface area (Å²) < 4.78 is 0. The van der Waals surface area contributed by atoms with E-state index in [4.69, 9.17) is 0 Å². The molecule has 5 rings (SSSR count). The van der Waals surface area contributed by atoms with Crippen molar-refractivity contribution in [3.63, 3.8) is 0 Å². The first kappa shape index (κ1) is 17.3. The molecule has 2 aliphatic rings. The molecule has 2 aliphatic heterocycles. The van der Waals surface area contributed by atoms with Crippen LogP contribution in [0.25, 0.3) is 22.2 Å². The van der Waals surface area contributed by atoms with E-state index in [9.17, 15) is 9.90 Å². The molecule has 0 radical (unpaired) electrons. The summed E-state index contributed by atoms with van der Waals surface area (Å²) in [6.45, 7) is 4.14. The Bertz CT molecular complexity index is 1070. The molecule has 2 aromatic heterocycles. The van der Waals surface area contributed by atoms with Gasteiger partial charge in [0.2, 0.25) is 0 Å². The first-order valence-electron chi connectivity index (χ1n) is 9.91. The van der Waals surface area contributed by atoms with Crippen LogP contribution in [0.3, 0.4) is 0 Å². The Balaban J connectivity index is 1.63. The van der Waals surface area contributed by atoms with Gasteiger partial charge in [0.15, 0.2) is 0 Å². The highest BCUT2D eigenvalue weighted by atomic mass is 16.4. The van der Waals surface area contributed by atoms with Crippen molar-refractivity contribution in [2.24, 2.45) is 0 Å². The standard InChI is InChI=1S/C22H24N4O2/c1-13-10-24-21-17(13)9-16(11-25-21)15-7-14-4-6-26(22(27)28)12-19(14)18(8-15)20-3-2-5-23-20/h7-11,20,23H,2-6,12H2,1H3,(H,24,25)(H,27,28). The molecule has 28 heavy (non-hydrogen) atoms. The van der Waals surface area contributed by atoms with E-state index >= 15 is 0 Å². The predicted molar refractivity (Wildman–Crippen MR) is 108 cm³/mol. The van der Waals surface area contributed by atoms with Crippen LogP contribution in [-0.4, -0.2) is 39.2 Å². The zero-order chi connectivity index (χ0) is 19.3. The van der Waals surface area contributed by atoms with Crippen molar-refractivity contribution in [2.75, 3.05) is 13.1 Å². The second-order valence-electron chi connectivity index (χ2n) is 7.90. The Morgan fingerprint density at radius 2 is 2.18 bits per heavy atom. The number of aromatic nitrogens is 2. The van der Waals surface area contributed by atoms with Crippen molar-refractivity contribution < 1.29 is 9.90 Å². The second kappa shape index (κ2) is 6.63. The lowest BCUT2D eigenvalue weighted by Gasteiger charge is -2.30. The van der Waals surface area contributed by atoms with Gasteiger partial charge in [0.1, 0.15) is 5.65 Å². The maximum Gasteiger partial charge on any atom is 0.407 e. The maximum atomic E-state index is 11.5. The van der Waals surface area contributed by atoms with Gasteiger partial charge in [0, 0.05) is 42.5 Å². The van der Waals surface area contributed by atoms with E-state index < -0.39 is 6.09 Å². The van der Waals surface area contributed by atoms with Crippen molar-refractivity contribution in [1.29, 1.82) is 0 Å². The number of H-pyrrole nitrogens is 1. The zero-order valence-electron chi connectivity index (χ0n) is 16.0. The largest absolute Gasteiger partial charge is 0.465 e. The van der Waals surface area contributed by atoms with Crippen LogP contribution >= 0.6 is 0 Å². The van der Waals surface area contributed by atoms with Gasteiger partial charge in [0.05, 0.1) is 0 Å². The van der Waals surface area contributed by atoms with Crippen molar-refractivity contribution in [2.45, 2.75) is 38.8 Å². The number of carboxylic acid groups (broad SMARTS) is 1. The van der Waals surface area contributed by atoms with E-state index in [1.165, 1.54) is 32.7 Å². The Labute approximate surface area is 163 Å². The summed E-state index contributed by atoms with van der Waals surface area (Å²) in [4.78, 5) is 20.8. The average Bonchev–Trinajstić information content (AvgIpc) is 3.37. The fourth-order valence-electron chi connectivity index (χ4n) is 4.58. The number of nitrogens with zero attached hydrogens (tertiary/aromatic N) is 2. The minimum Gasteiger partial charge on any atom is -0.465 e. The van der Waals surface area contributed by atoms with E-state index in [1.54, 1.807) is 0 Å². The lowest BCUT2D eigenvalue weighted by atomic mass is 9.87. The van der Waals surface area contributed by atoms with Crippen LogP contribution in [0.1, 0.15) is 41.1 Å². The third-order valence-electron chi connectivity index (χ3n) is 6.15. The molecule has 1 amide bonds. The van der Waals surface area contributed by atoms with Gasteiger partial charge < -0.3 is 20.3 Å². The van der Waals surface area contributed by atoms with Gasteiger partial charge in [-0.2, -0.15) is 0 Å². The van der Waals surface area contributed by atoms with Gasteiger partial charge in [-0.1, -0.05) is 6.07 Å². The summed E-state index contributed by atoms with van der Waals surface area (Å²) in [6.07, 6.45) is 6.09. The molecule has 0 bridgehead atoms. The summed E-state index contributed by atoms with van der Waals surface area (Å²) in [7, 11) is 0. The molecular formula is C22H24N4O2. The third kappa shape index (κ3) is 2.85. The molecule has 144 valence electrons. The average molecular weight is 376 g/mol. The molecule has 1 atom stereocenters. The number of carbonyl (C=O) groups is 1. The normalized spacial score (nSPS) is 19.2. The number of pyridine rings is 1. The molecule has 3 aromatic rings. The van der Waals surface area contributed by atoms with E-state index in [0.717, 1.165) is 42.4 Å². The van der Waals surface area contributed by atoms with Crippen molar-refractivity contribution in [3.8, 4) is 11.1 Å². The lowest BCUT2D eigenvalue weighted by Crippen LogP contribution is -2.36. The van der Waals surface area contributed by atoms with Gasteiger partial charge in [-0.25, -0.2) is 9.78 Å². The fraction of sp³-hybridized carbons (Fsp3) is 0.364. The third-order valence-corrected chi connectivity index (χ3v) is 6.15. The monoisotopic (exact) mass is 376 g/mol. The summed E-state index contributed by atoms with van der Waals surface area (Å²) in [5.74, 6) is 0. The van der Waals surface area contributed by atoms with Gasteiger partial charge >= 0.3 is 6.09 Å². The quantitative estimate of drug-likeness (QED) is 0.631. The molecule has 1 fully saturated rings. The summed E-state index contributed by atoms with van der Waals surface area (Å²) in [5, 5.41) is 14.2. The highest BCUT2D eigenvalue weighted by Gasteiger charge is 2.27. The zero-order valence-corrected chi connectivity index (χ0v) is 16.0. The van der Waals surface area contributed by atoms with Crippen molar-refractivity contribution in [1.82, 2.24) is 20.2 Å². The van der Waals surface area contributed by atoms with E-state index in [-0.39, 0.29) is 0 Å². The molecule has 1 aromatic carbocycles. The minimum atomic E-state index is -0.836. The summed E-state index contributed by atoms with van der Waals surface area (Å²) >= 11 is 0. The Kier molecular flexibility index (Phi) is 4.09. The number of amides is 1. The highest BCUT2D eigenvalue weighted by molar-refractivity contribution is 5.84. The Morgan fingerprint density at radius 3 is 2.96 bits per heavy atom. The second-order valence-corrected chi connectivity index (χ2v) is 7.90. The van der Waals surface area contributed by atoms with E-state index in [2.05, 4.69) is 40.4 Å². The molecule has 1 unspecified atom stereocenters. The van der Waals surface area contributed by atoms with Gasteiger partial charge in [-0.15, -0.1) is 0 Å². The number of rotatable bonds is 2. The topological polar surface area (TPSA) is 81.2 Å². The first-order valence-corrected chi connectivity index (χ1v) is 9.91. The minimum absolute atomic E-state index is 0.299. The molecule has 0 spiro atoms. The molecule has 0 aliphatic carbocycles. The van der Waals surface area contributed by atoms with Crippen LogP contribution in [0.15, 0.2) is 30.6 Å². The molecule has 6 heteroatoms. The fourth-order valence-corrected chi connectivity index (χ4v) is 4.58. The predicted octanol–water partition coefficient (Wildman–Crippen LogP) is 4.00. The molecule has 3 N–H and O–H groups in total. The number of fused-ring (bicyclic) bond motifs is 2. The van der Waals surface area contributed by atoms with Gasteiger partial charge in [0.25, 0.3) is 0 Å². The molecule has 1 saturated heterocycles. The molecular weight excluding hydrogens is 352 g/mol. The number of hydrogen-bond donors (Lipinski definition) is 3. The van der Waals surface area contributed by atoms with Crippen LogP contribution in [0.5, 0.6) is 0 Å². The van der Waals surface area contributed by atoms with Crippen LogP contribution in [0, 0.1) is 6.92 Å². The maximum absolute atomic E-state index is 11.5. The Hall–Kier alpha value is -2.86. The smallest absolute Gasteiger partial charge is 0.407 e. The summed E-state index contributed by atoms with van der Waals surface area (Å²) in [5.41, 5.74) is 8.08. The SMILES string of the molecule is Cc1c[nH]c2ncc(-c3cc4c(c(C5CCCN5)c3)CN(C(=O)O)CC4)cc12. The summed E-state index contributed by atoms with van der Waals surface area (Å²) in [6, 6.07) is 6.98. The van der Waals surface area contributed by atoms with Gasteiger partial charge in [-0.05, 0) is 72.7 Å². The number of benzene rings is 1. The number of hydrogen-bond acceptors (Lipinski definition) is 3. The van der Waals surface area contributed by atoms with E-state index in [1.807, 2.05) is 12.4 Å². The number of aryl methyl sites for hydroxylation is 1. The highest BCUT2D eigenvalue weighted by Crippen LogP contribution is 2.36. The van der Waals surface area contributed by atoms with E-state index in [0.29, 0.717) is 19.1 Å². The lowest BCUT2D eigenvalue weighted by molar-refractivity contribution is 0.139. The molecule has 0 saturated carbocycles. The van der Waals surface area contributed by atoms with Crippen LogP contribution in [0.4, 0.5) is 4.79 Å². The Morgan fingerprint density at radius 1 is 1.29 bits per heavy atom. The number of nitrogens with one attached hydrogen (secondary N) is 2. The van der Waals surface area contributed by atoms with Gasteiger partial charge in [-0.3, -0.25) is 0 Å². The van der Waals surface area contributed by atoms with Crippen LogP contribution in [0.2, 0.25) is 0 Å².